The number of anilines is 1. The first kappa shape index (κ1) is 19.0. The Morgan fingerprint density at radius 3 is 2.75 bits per heavy atom. The highest BCUT2D eigenvalue weighted by Crippen LogP contribution is 2.47. The molecule has 0 saturated heterocycles. The van der Waals surface area contributed by atoms with Crippen molar-refractivity contribution in [3.05, 3.63) is 77.2 Å². The van der Waals surface area contributed by atoms with E-state index in [0.717, 1.165) is 24.5 Å². The van der Waals surface area contributed by atoms with Crippen LogP contribution >= 0.6 is 11.8 Å². The number of benzene rings is 2. The zero-order valence-corrected chi connectivity index (χ0v) is 17.0. The van der Waals surface area contributed by atoms with Crippen LogP contribution < -0.4 is 9.64 Å². The van der Waals surface area contributed by atoms with Crippen molar-refractivity contribution in [3.63, 3.8) is 0 Å². The average molecular weight is 396 g/mol. The van der Waals surface area contributed by atoms with Gasteiger partial charge in [-0.15, -0.1) is 11.8 Å². The predicted molar refractivity (Wildman–Crippen MR) is 113 cm³/mol. The molecule has 2 heterocycles. The van der Waals surface area contributed by atoms with Gasteiger partial charge in [-0.25, -0.2) is 0 Å². The van der Waals surface area contributed by atoms with Crippen LogP contribution in [0, 0.1) is 6.92 Å². The van der Waals surface area contributed by atoms with E-state index < -0.39 is 0 Å². The highest BCUT2D eigenvalue weighted by molar-refractivity contribution is 7.99. The summed E-state index contributed by atoms with van der Waals surface area (Å²) >= 11 is 1.91. The van der Waals surface area contributed by atoms with Crippen LogP contribution in [0.1, 0.15) is 34.3 Å². The van der Waals surface area contributed by atoms with E-state index in [1.165, 1.54) is 21.7 Å². The molecule has 1 unspecified atom stereocenters. The molecule has 4 nitrogen and oxygen atoms in total. The Kier molecular flexibility index (Phi) is 5.64. The molecule has 4 rings (SSSR count). The lowest BCUT2D eigenvalue weighted by Gasteiger charge is -2.23. The molecule has 3 aromatic rings. The van der Waals surface area contributed by atoms with Crippen molar-refractivity contribution in [1.82, 2.24) is 0 Å². The Morgan fingerprint density at radius 2 is 1.96 bits per heavy atom. The van der Waals surface area contributed by atoms with E-state index in [2.05, 4.69) is 42.2 Å². The van der Waals surface area contributed by atoms with Crippen LogP contribution in [0.2, 0.25) is 0 Å². The first-order valence-corrected chi connectivity index (χ1v) is 10.4. The molecule has 146 valence electrons. The van der Waals surface area contributed by atoms with Gasteiger partial charge in [0.1, 0.15) is 23.9 Å². The van der Waals surface area contributed by atoms with Gasteiger partial charge in [0.05, 0.1) is 19.3 Å². The van der Waals surface area contributed by atoms with Crippen molar-refractivity contribution in [2.24, 2.45) is 0 Å². The molecule has 0 saturated carbocycles. The summed E-state index contributed by atoms with van der Waals surface area (Å²) in [6, 6.07) is 18.7. The van der Waals surface area contributed by atoms with E-state index in [9.17, 15) is 5.11 Å². The third-order valence-electron chi connectivity index (χ3n) is 5.09. The van der Waals surface area contributed by atoms with Crippen molar-refractivity contribution in [3.8, 4) is 5.75 Å². The van der Waals surface area contributed by atoms with Crippen molar-refractivity contribution in [2.45, 2.75) is 36.6 Å². The van der Waals surface area contributed by atoms with E-state index in [4.69, 9.17) is 9.15 Å². The van der Waals surface area contributed by atoms with E-state index in [1.54, 1.807) is 7.11 Å². The number of aliphatic hydroxyl groups is 1. The molecular weight excluding hydrogens is 370 g/mol. The Labute approximate surface area is 170 Å². The Morgan fingerprint density at radius 1 is 1.14 bits per heavy atom. The fourth-order valence-corrected chi connectivity index (χ4v) is 5.10. The standard InChI is InChI=1S/C23H25NO3S/c1-16-7-10-20-23(13-16)28-22(19-5-3-4-6-21(19)26-2)11-12-24(20)14-17-8-9-18(15-25)27-17/h3-10,13,22,25H,11-12,14-15H2,1-2H3. The second-order valence-corrected chi connectivity index (χ2v) is 8.30. The normalized spacial score (nSPS) is 16.5. The lowest BCUT2D eigenvalue weighted by Crippen LogP contribution is -2.23. The summed E-state index contributed by atoms with van der Waals surface area (Å²) in [6.07, 6.45) is 1.01. The van der Waals surface area contributed by atoms with Crippen molar-refractivity contribution in [1.29, 1.82) is 0 Å². The second-order valence-electron chi connectivity index (χ2n) is 7.06. The average Bonchev–Trinajstić information content (AvgIpc) is 3.10. The van der Waals surface area contributed by atoms with Gasteiger partial charge in [0.25, 0.3) is 0 Å². The van der Waals surface area contributed by atoms with Crippen LogP contribution in [0.25, 0.3) is 0 Å². The van der Waals surface area contributed by atoms with Crippen LogP contribution in [-0.4, -0.2) is 18.8 Å². The van der Waals surface area contributed by atoms with Gasteiger partial charge >= 0.3 is 0 Å². The molecule has 0 aliphatic carbocycles. The molecule has 0 fully saturated rings. The van der Waals surface area contributed by atoms with Crippen LogP contribution in [0.4, 0.5) is 5.69 Å². The lowest BCUT2D eigenvalue weighted by molar-refractivity contribution is 0.243. The number of ether oxygens (including phenoxy) is 1. The summed E-state index contributed by atoms with van der Waals surface area (Å²) in [5.74, 6) is 2.42. The quantitative estimate of drug-likeness (QED) is 0.632. The van der Waals surface area contributed by atoms with Gasteiger partial charge in [0.2, 0.25) is 0 Å². The minimum atomic E-state index is -0.0679. The topological polar surface area (TPSA) is 45.8 Å². The number of hydrogen-bond donors (Lipinski definition) is 1. The molecule has 1 aliphatic heterocycles. The van der Waals surface area contributed by atoms with Gasteiger partial charge < -0.3 is 19.2 Å². The molecule has 1 aromatic heterocycles. The van der Waals surface area contributed by atoms with Crippen LogP contribution in [-0.2, 0) is 13.2 Å². The second kappa shape index (κ2) is 8.33. The predicted octanol–water partition coefficient (Wildman–Crippen LogP) is 5.33. The zero-order chi connectivity index (χ0) is 19.5. The third-order valence-corrected chi connectivity index (χ3v) is 6.45. The number of fused-ring (bicyclic) bond motifs is 1. The number of rotatable bonds is 5. The highest BCUT2D eigenvalue weighted by Gasteiger charge is 2.26. The van der Waals surface area contributed by atoms with Crippen LogP contribution in [0.3, 0.4) is 0 Å². The number of hydrogen-bond acceptors (Lipinski definition) is 5. The van der Waals surface area contributed by atoms with Crippen LogP contribution in [0.5, 0.6) is 5.75 Å². The maximum atomic E-state index is 9.28. The molecule has 1 atom stereocenters. The van der Waals surface area contributed by atoms with Gasteiger partial charge in [-0.3, -0.25) is 0 Å². The number of methoxy groups -OCH3 is 1. The monoisotopic (exact) mass is 395 g/mol. The molecule has 1 N–H and O–H groups in total. The number of aryl methyl sites for hydroxylation is 1. The maximum absolute atomic E-state index is 9.28. The molecular formula is C23H25NO3S. The largest absolute Gasteiger partial charge is 0.496 e. The van der Waals surface area contributed by atoms with Gasteiger partial charge in [-0.2, -0.15) is 0 Å². The van der Waals surface area contributed by atoms with Crippen molar-refractivity contribution < 1.29 is 14.3 Å². The SMILES string of the molecule is COc1ccccc1C1CCN(Cc2ccc(CO)o2)c2ccc(C)cc2S1. The van der Waals surface area contributed by atoms with Crippen molar-refractivity contribution in [2.75, 3.05) is 18.6 Å². The number of furan rings is 1. The Hall–Kier alpha value is -2.37. The summed E-state index contributed by atoms with van der Waals surface area (Å²) < 4.78 is 11.4. The number of para-hydroxylation sites is 1. The number of thioether (sulfide) groups is 1. The first-order chi connectivity index (χ1) is 13.7. The molecule has 0 spiro atoms. The van der Waals surface area contributed by atoms with Gasteiger partial charge in [-0.05, 0) is 49.2 Å². The lowest BCUT2D eigenvalue weighted by atomic mass is 10.1. The molecule has 28 heavy (non-hydrogen) atoms. The molecule has 5 heteroatoms. The highest BCUT2D eigenvalue weighted by atomic mass is 32.2. The summed E-state index contributed by atoms with van der Waals surface area (Å²) in [7, 11) is 1.74. The van der Waals surface area contributed by atoms with E-state index in [1.807, 2.05) is 36.0 Å². The summed E-state index contributed by atoms with van der Waals surface area (Å²) in [5.41, 5.74) is 3.73. The molecule has 0 amide bonds. The zero-order valence-electron chi connectivity index (χ0n) is 16.2. The Balaban J connectivity index is 1.66. The van der Waals surface area contributed by atoms with E-state index >= 15 is 0 Å². The van der Waals surface area contributed by atoms with Crippen LogP contribution in [0.15, 0.2) is 63.9 Å². The smallest absolute Gasteiger partial charge is 0.129 e. The summed E-state index contributed by atoms with van der Waals surface area (Å²) in [6.45, 7) is 3.67. The molecule has 0 radical (unpaired) electrons. The number of nitrogens with zero attached hydrogens (tertiary/aromatic N) is 1. The molecule has 1 aliphatic rings. The van der Waals surface area contributed by atoms with Gasteiger partial charge in [-0.1, -0.05) is 24.3 Å². The maximum Gasteiger partial charge on any atom is 0.129 e. The summed E-state index contributed by atoms with van der Waals surface area (Å²) in [5, 5.41) is 9.60. The minimum Gasteiger partial charge on any atom is -0.496 e. The summed E-state index contributed by atoms with van der Waals surface area (Å²) in [4.78, 5) is 3.65. The fraction of sp³-hybridized carbons (Fsp3) is 0.304. The van der Waals surface area contributed by atoms with Crippen molar-refractivity contribution >= 4 is 17.4 Å². The number of aliphatic hydroxyl groups excluding tert-OH is 1. The molecule has 2 aromatic carbocycles. The van der Waals surface area contributed by atoms with Gasteiger partial charge in [0.15, 0.2) is 0 Å². The fourth-order valence-electron chi connectivity index (χ4n) is 3.68. The van der Waals surface area contributed by atoms with Gasteiger partial charge in [0, 0.05) is 22.3 Å². The first-order valence-electron chi connectivity index (χ1n) is 9.51. The minimum absolute atomic E-state index is 0.0679. The third kappa shape index (κ3) is 3.91. The molecule has 0 bridgehead atoms. The Bertz CT molecular complexity index is 953. The van der Waals surface area contributed by atoms with E-state index in [-0.39, 0.29) is 6.61 Å². The van der Waals surface area contributed by atoms with E-state index in [0.29, 0.717) is 17.6 Å².